The Morgan fingerprint density at radius 1 is 1.53 bits per heavy atom. The van der Waals surface area contributed by atoms with Gasteiger partial charge in [0.05, 0.1) is 17.5 Å². The minimum atomic E-state index is -1.07. The normalized spacial score (nSPS) is 19.7. The summed E-state index contributed by atoms with van der Waals surface area (Å²) in [6.07, 6.45) is 0. The maximum atomic E-state index is 13.6. The number of carbonyl (C=O) groups is 2. The van der Waals surface area contributed by atoms with Gasteiger partial charge in [-0.2, -0.15) is 0 Å². The Bertz CT molecular complexity index is 513. The molecule has 2 N–H and O–H groups in total. The van der Waals surface area contributed by atoms with E-state index in [9.17, 15) is 14.0 Å². The first-order chi connectivity index (χ1) is 7.91. The lowest BCUT2D eigenvalue weighted by Crippen LogP contribution is -2.24. The molecule has 4 nitrogen and oxygen atoms in total. The molecule has 0 aromatic heterocycles. The third-order valence-electron chi connectivity index (χ3n) is 3.02. The van der Waals surface area contributed by atoms with Crippen LogP contribution < -0.4 is 5.32 Å². The van der Waals surface area contributed by atoms with Crippen molar-refractivity contribution in [3.05, 3.63) is 29.1 Å². The molecule has 2 atom stereocenters. The molecule has 0 saturated carbocycles. The van der Waals surface area contributed by atoms with E-state index >= 15 is 0 Å². The molecule has 0 aliphatic carbocycles. The van der Waals surface area contributed by atoms with E-state index in [1.165, 1.54) is 13.0 Å². The van der Waals surface area contributed by atoms with Crippen LogP contribution in [0.2, 0.25) is 0 Å². The van der Waals surface area contributed by atoms with Crippen LogP contribution in [0.15, 0.2) is 12.1 Å². The van der Waals surface area contributed by atoms with Crippen LogP contribution in [0.3, 0.4) is 0 Å². The first-order valence-corrected chi connectivity index (χ1v) is 5.25. The fraction of sp³-hybridized carbons (Fsp3) is 0.333. The van der Waals surface area contributed by atoms with Crippen LogP contribution in [0.4, 0.5) is 10.1 Å². The summed E-state index contributed by atoms with van der Waals surface area (Å²) in [5.41, 5.74) is 1.21. The van der Waals surface area contributed by atoms with E-state index in [1.807, 2.05) is 0 Å². The number of carboxylic acid groups (broad SMARTS) is 1. The van der Waals surface area contributed by atoms with E-state index in [2.05, 4.69) is 5.32 Å². The number of aliphatic carboxylic acids is 1. The maximum absolute atomic E-state index is 13.6. The summed E-state index contributed by atoms with van der Waals surface area (Å²) in [4.78, 5) is 22.6. The second-order valence-electron chi connectivity index (χ2n) is 4.30. The van der Waals surface area contributed by atoms with E-state index in [0.29, 0.717) is 11.1 Å². The molecule has 90 valence electrons. The Morgan fingerprint density at radius 2 is 2.18 bits per heavy atom. The topological polar surface area (TPSA) is 66.4 Å². The molecule has 2 rings (SSSR count). The minimum absolute atomic E-state index is 0.110. The predicted molar refractivity (Wildman–Crippen MR) is 59.3 cm³/mol. The lowest BCUT2D eigenvalue weighted by Gasteiger charge is -2.13. The lowest BCUT2D eigenvalue weighted by atomic mass is 9.87. The first kappa shape index (κ1) is 11.6. The maximum Gasteiger partial charge on any atom is 0.307 e. The number of carboxylic acids is 1. The molecule has 0 radical (unpaired) electrons. The number of benzene rings is 1. The number of fused-ring (bicyclic) bond motifs is 1. The van der Waals surface area contributed by atoms with Gasteiger partial charge in [-0.1, -0.05) is 13.0 Å². The summed E-state index contributed by atoms with van der Waals surface area (Å²) in [5.74, 6) is -3.75. The van der Waals surface area contributed by atoms with Crippen molar-refractivity contribution in [1.82, 2.24) is 0 Å². The zero-order chi connectivity index (χ0) is 12.7. The van der Waals surface area contributed by atoms with Gasteiger partial charge in [0.15, 0.2) is 0 Å². The van der Waals surface area contributed by atoms with E-state index in [1.54, 1.807) is 13.0 Å². The number of anilines is 1. The fourth-order valence-corrected chi connectivity index (χ4v) is 2.13. The molecule has 0 saturated heterocycles. The van der Waals surface area contributed by atoms with Crippen LogP contribution in [-0.4, -0.2) is 17.0 Å². The van der Waals surface area contributed by atoms with Crippen LogP contribution in [0, 0.1) is 18.7 Å². The SMILES string of the molecule is Cc1cc(F)c2c(c1)C(C(C)C(=O)O)C(=O)N2. The second-order valence-corrected chi connectivity index (χ2v) is 4.30. The molecule has 1 heterocycles. The van der Waals surface area contributed by atoms with Gasteiger partial charge in [-0.05, 0) is 24.1 Å². The average Bonchev–Trinajstić information content (AvgIpc) is 2.54. The predicted octanol–water partition coefficient (Wildman–Crippen LogP) is 1.89. The van der Waals surface area contributed by atoms with E-state index in [4.69, 9.17) is 5.11 Å². The van der Waals surface area contributed by atoms with Crippen molar-refractivity contribution in [2.45, 2.75) is 19.8 Å². The van der Waals surface area contributed by atoms with Crippen molar-refractivity contribution in [3.63, 3.8) is 0 Å². The highest BCUT2D eigenvalue weighted by molar-refractivity contribution is 6.05. The van der Waals surface area contributed by atoms with Gasteiger partial charge >= 0.3 is 5.97 Å². The van der Waals surface area contributed by atoms with Gasteiger partial charge in [-0.15, -0.1) is 0 Å². The number of rotatable bonds is 2. The summed E-state index contributed by atoms with van der Waals surface area (Å²) in [7, 11) is 0. The van der Waals surface area contributed by atoms with E-state index in [-0.39, 0.29) is 5.69 Å². The molecule has 0 fully saturated rings. The quantitative estimate of drug-likeness (QED) is 0.825. The molecule has 1 aromatic rings. The smallest absolute Gasteiger partial charge is 0.307 e. The standard InChI is InChI=1S/C12H12FNO3/c1-5-3-7-9(6(2)12(16)17)11(15)14-10(7)8(13)4-5/h3-4,6,9H,1-2H3,(H,14,15)(H,16,17). The number of amides is 1. The van der Waals surface area contributed by atoms with Gasteiger partial charge in [0.25, 0.3) is 0 Å². The van der Waals surface area contributed by atoms with Gasteiger partial charge in [-0.3, -0.25) is 9.59 Å². The summed E-state index contributed by atoms with van der Waals surface area (Å²) in [6.45, 7) is 3.15. The average molecular weight is 237 g/mol. The Hall–Kier alpha value is -1.91. The van der Waals surface area contributed by atoms with Crippen LogP contribution in [0.5, 0.6) is 0 Å². The number of nitrogens with one attached hydrogen (secondary N) is 1. The molecule has 0 bridgehead atoms. The molecule has 1 aromatic carbocycles. The molecule has 2 unspecified atom stereocenters. The number of aryl methyl sites for hydroxylation is 1. The number of halogens is 1. The van der Waals surface area contributed by atoms with Gasteiger partial charge in [0.2, 0.25) is 5.91 Å². The zero-order valence-corrected chi connectivity index (χ0v) is 9.45. The third kappa shape index (κ3) is 1.77. The summed E-state index contributed by atoms with van der Waals surface area (Å²) in [6, 6.07) is 2.97. The monoisotopic (exact) mass is 237 g/mol. The van der Waals surface area contributed by atoms with Crippen molar-refractivity contribution in [2.24, 2.45) is 5.92 Å². The molecule has 5 heteroatoms. The van der Waals surface area contributed by atoms with Crippen molar-refractivity contribution in [2.75, 3.05) is 5.32 Å². The summed E-state index contributed by atoms with van der Waals surface area (Å²) < 4.78 is 13.6. The van der Waals surface area contributed by atoms with Crippen molar-refractivity contribution < 1.29 is 19.1 Å². The molecule has 1 aliphatic heterocycles. The van der Waals surface area contributed by atoms with Crippen LogP contribution in [0.25, 0.3) is 0 Å². The second kappa shape index (κ2) is 3.84. The molecular weight excluding hydrogens is 225 g/mol. The summed E-state index contributed by atoms with van der Waals surface area (Å²) >= 11 is 0. The van der Waals surface area contributed by atoms with E-state index in [0.717, 1.165) is 0 Å². The fourth-order valence-electron chi connectivity index (χ4n) is 2.13. The summed E-state index contributed by atoms with van der Waals surface area (Å²) in [5, 5.41) is 11.4. The first-order valence-electron chi connectivity index (χ1n) is 5.25. The van der Waals surface area contributed by atoms with Gasteiger partial charge in [-0.25, -0.2) is 4.39 Å². The van der Waals surface area contributed by atoms with E-state index < -0.39 is 29.5 Å². The molecule has 17 heavy (non-hydrogen) atoms. The van der Waals surface area contributed by atoms with Crippen LogP contribution in [-0.2, 0) is 9.59 Å². The number of carbonyl (C=O) groups excluding carboxylic acids is 1. The third-order valence-corrected chi connectivity index (χ3v) is 3.02. The highest BCUT2D eigenvalue weighted by Crippen LogP contribution is 2.39. The van der Waals surface area contributed by atoms with Crippen molar-refractivity contribution in [1.29, 1.82) is 0 Å². The van der Waals surface area contributed by atoms with Crippen molar-refractivity contribution >= 4 is 17.6 Å². The highest BCUT2D eigenvalue weighted by atomic mass is 19.1. The molecule has 1 amide bonds. The van der Waals surface area contributed by atoms with Crippen LogP contribution in [0.1, 0.15) is 24.0 Å². The van der Waals surface area contributed by atoms with Gasteiger partial charge in [0, 0.05) is 0 Å². The highest BCUT2D eigenvalue weighted by Gasteiger charge is 2.39. The van der Waals surface area contributed by atoms with Gasteiger partial charge in [0.1, 0.15) is 5.82 Å². The van der Waals surface area contributed by atoms with Crippen LogP contribution >= 0.6 is 0 Å². The minimum Gasteiger partial charge on any atom is -0.481 e. The molecule has 0 spiro atoms. The Labute approximate surface area is 97.4 Å². The van der Waals surface area contributed by atoms with Gasteiger partial charge < -0.3 is 10.4 Å². The molecular formula is C12H12FNO3. The number of hydrogen-bond donors (Lipinski definition) is 2. The Kier molecular flexibility index (Phi) is 2.61. The number of hydrogen-bond acceptors (Lipinski definition) is 2. The zero-order valence-electron chi connectivity index (χ0n) is 9.45. The Morgan fingerprint density at radius 3 is 2.76 bits per heavy atom. The lowest BCUT2D eigenvalue weighted by molar-refractivity contribution is -0.143. The van der Waals surface area contributed by atoms with Crippen molar-refractivity contribution in [3.8, 4) is 0 Å². The largest absolute Gasteiger partial charge is 0.481 e. The Balaban J connectivity index is 2.54. The molecule has 1 aliphatic rings.